The van der Waals surface area contributed by atoms with Crippen molar-refractivity contribution in [2.75, 3.05) is 65.1 Å². The number of aliphatic hydroxyl groups is 1. The Morgan fingerprint density at radius 1 is 0.804 bits per heavy atom. The van der Waals surface area contributed by atoms with E-state index >= 15 is 0 Å². The number of aliphatic hydroxyl groups excluding tert-OH is 1. The molecule has 8 aliphatic rings. The number of urea groups is 1. The van der Waals surface area contributed by atoms with E-state index in [2.05, 4.69) is 53.6 Å². The SMILES string of the molecule is C=C1CC(CC[C@]23CCC(O2)[C@H]2C[C@@H](O3)[C@H]3OC(CC(=O)C[C@H]4CO[C@H](CC(O)CNC(=O)OCc5ccc(NC(=O)C(CCCNC(N)=O)NC(=O)[C@@H](NC(=O)CCOCCOCCN6C(=O)C=CC6=O)C(C)C)cc5)[C@@H]4OC)CC[C@@H]3O2)OC1CCC1C[C@@H](C)C(=C)[C@@H](C)O1. The van der Waals surface area contributed by atoms with Gasteiger partial charge >= 0.3 is 12.1 Å². The number of ketones is 1. The van der Waals surface area contributed by atoms with E-state index in [1.807, 2.05) is 0 Å². The van der Waals surface area contributed by atoms with Gasteiger partial charge in [-0.1, -0.05) is 46.1 Å². The summed E-state index contributed by atoms with van der Waals surface area (Å²) in [6.45, 7) is 17.1. The molecule has 1 aromatic rings. The number of alkyl carbamates (subject to hydrolysis) is 1. The molecule has 7 unspecified atom stereocenters. The molecule has 0 aliphatic carbocycles. The van der Waals surface area contributed by atoms with Gasteiger partial charge in [0.2, 0.25) is 17.7 Å². The number of anilines is 1. The topological polar surface area (TPSA) is 348 Å². The monoisotopic (exact) mass is 1360 g/mol. The molecule has 7 fully saturated rings. The molecule has 8 heterocycles. The van der Waals surface area contributed by atoms with Crippen molar-refractivity contribution in [3.8, 4) is 0 Å². The molecule has 27 heteroatoms. The number of fused-ring (bicyclic) bond motifs is 7. The number of rotatable bonds is 36. The molecule has 7 saturated heterocycles. The molecule has 18 atom stereocenters. The number of amides is 8. The van der Waals surface area contributed by atoms with Gasteiger partial charge in [0, 0.05) is 88.9 Å². The fraction of sp³-hybridized carbons (Fsp3) is 0.714. The Kier molecular flexibility index (Phi) is 27.6. The quantitative estimate of drug-likeness (QED) is 0.0263. The van der Waals surface area contributed by atoms with Crippen LogP contribution in [-0.2, 0) is 87.5 Å². The summed E-state index contributed by atoms with van der Waals surface area (Å²) in [6, 6.07) is 3.61. The Labute approximate surface area is 568 Å². The molecule has 0 aromatic heterocycles. The van der Waals surface area contributed by atoms with Crippen LogP contribution in [0.1, 0.15) is 142 Å². The normalized spacial score (nSPS) is 30.7. The van der Waals surface area contributed by atoms with Crippen molar-refractivity contribution in [1.82, 2.24) is 26.2 Å². The number of carbonyl (C=O) groups excluding carboxylic acids is 8. The number of hydrogen-bond acceptors (Lipinski definition) is 20. The number of ether oxygens (including phenoxy) is 11. The zero-order valence-corrected chi connectivity index (χ0v) is 56.9. The van der Waals surface area contributed by atoms with Crippen molar-refractivity contribution in [3.05, 3.63) is 66.3 Å². The Hall–Kier alpha value is -6.24. The smallest absolute Gasteiger partial charge is 0.407 e. The molecule has 8 N–H and O–H groups in total. The van der Waals surface area contributed by atoms with E-state index in [-0.39, 0.29) is 176 Å². The standard InChI is InChI=1S/C70H103N7O20/c1-40(2)63(76-60(80)22-27-88-29-30-89-28-26-77-61(81)18-19-62(77)82)67(84)75-53(9-8-25-72-68(71)85)66(83)74-47-12-10-45(11-13-47)38-91-69(86)73-37-49(79)35-58-64(87-7)46(39-90-58)33-48(78)34-51-15-17-56-65(94-51)59-36-57(95-56)55-21-24-70(96-55,97-59)23-20-52-32-42(4)54(93-52)16-14-50-31-41(3)43(5)44(6)92-50/h10-13,18-19,40-41,44,46,49-59,63-65,79H,4-5,8-9,14-17,20-39H2,1-3,6-7H3,(H,73,86)(H,74,83)(H,75,84)(H,76,80)(H3,71,72,85)/t41-,44-,46+,49?,50?,51?,52?,53?,54?,55?,56+,57-,58-,59-,63+,64-,65+,70+/m1/s1. The predicted molar refractivity (Wildman–Crippen MR) is 351 cm³/mol. The molecular weight excluding hydrogens is 1260 g/mol. The highest BCUT2D eigenvalue weighted by molar-refractivity contribution is 6.12. The van der Waals surface area contributed by atoms with Crippen LogP contribution in [0.15, 0.2) is 60.7 Å². The zero-order valence-electron chi connectivity index (χ0n) is 56.9. The second-order valence-corrected chi connectivity index (χ2v) is 27.6. The first-order valence-electron chi connectivity index (χ1n) is 34.8. The number of carbonyl (C=O) groups is 8. The van der Waals surface area contributed by atoms with Crippen molar-refractivity contribution in [3.63, 3.8) is 0 Å². The molecule has 538 valence electrons. The lowest BCUT2D eigenvalue weighted by molar-refractivity contribution is -0.276. The second-order valence-electron chi connectivity index (χ2n) is 27.6. The first kappa shape index (κ1) is 75.0. The van der Waals surface area contributed by atoms with Gasteiger partial charge in [-0.3, -0.25) is 33.7 Å². The summed E-state index contributed by atoms with van der Waals surface area (Å²) >= 11 is 0. The minimum Gasteiger partial charge on any atom is -0.445 e. The van der Waals surface area contributed by atoms with Crippen LogP contribution in [0.5, 0.6) is 0 Å². The highest BCUT2D eigenvalue weighted by Gasteiger charge is 2.57. The van der Waals surface area contributed by atoms with Crippen molar-refractivity contribution >= 4 is 53.1 Å². The zero-order chi connectivity index (χ0) is 69.3. The summed E-state index contributed by atoms with van der Waals surface area (Å²) in [5, 5.41) is 24.3. The molecule has 0 saturated carbocycles. The van der Waals surface area contributed by atoms with Crippen molar-refractivity contribution in [2.24, 2.45) is 23.5 Å². The van der Waals surface area contributed by atoms with Crippen LogP contribution in [0.25, 0.3) is 0 Å². The van der Waals surface area contributed by atoms with Crippen molar-refractivity contribution < 1.29 is 95.6 Å². The highest BCUT2D eigenvalue weighted by Crippen LogP contribution is 2.49. The average molecular weight is 1360 g/mol. The molecule has 0 spiro atoms. The van der Waals surface area contributed by atoms with Gasteiger partial charge in [-0.2, -0.15) is 0 Å². The van der Waals surface area contributed by atoms with Crippen LogP contribution in [0, 0.1) is 17.8 Å². The Morgan fingerprint density at radius 2 is 1.56 bits per heavy atom. The van der Waals surface area contributed by atoms with E-state index in [4.69, 9.17) is 57.8 Å². The molecular formula is C70H103N7O20. The summed E-state index contributed by atoms with van der Waals surface area (Å²) < 4.78 is 68.4. The summed E-state index contributed by atoms with van der Waals surface area (Å²) in [5.74, 6) is -3.35. The van der Waals surface area contributed by atoms with Crippen LogP contribution in [0.2, 0.25) is 0 Å². The highest BCUT2D eigenvalue weighted by atomic mass is 16.7. The second kappa shape index (κ2) is 35.7. The van der Waals surface area contributed by atoms with E-state index < -0.39 is 77.8 Å². The first-order valence-corrected chi connectivity index (χ1v) is 34.8. The number of imide groups is 1. The lowest BCUT2D eigenvalue weighted by Crippen LogP contribution is -2.56. The largest absolute Gasteiger partial charge is 0.445 e. The van der Waals surface area contributed by atoms with Crippen LogP contribution < -0.4 is 32.3 Å². The minimum atomic E-state index is -1.09. The van der Waals surface area contributed by atoms with Gasteiger partial charge in [-0.15, -0.1) is 0 Å². The lowest BCUT2D eigenvalue weighted by atomic mass is 9.86. The minimum absolute atomic E-state index is 0.00975. The Balaban J connectivity index is 0.654. The number of nitrogens with one attached hydrogen (secondary N) is 5. The fourth-order valence-electron chi connectivity index (χ4n) is 14.5. The van der Waals surface area contributed by atoms with E-state index in [1.54, 1.807) is 45.2 Å². The third-order valence-corrected chi connectivity index (χ3v) is 19.9. The summed E-state index contributed by atoms with van der Waals surface area (Å²) in [5.41, 5.74) is 8.48. The number of primary amides is 1. The average Bonchev–Trinajstić information content (AvgIpc) is 1.62. The van der Waals surface area contributed by atoms with Gasteiger partial charge in [0.15, 0.2) is 5.79 Å². The molecule has 1 aromatic carbocycles. The van der Waals surface area contributed by atoms with Gasteiger partial charge in [0.05, 0.1) is 113 Å². The van der Waals surface area contributed by atoms with Gasteiger partial charge in [0.1, 0.15) is 30.6 Å². The number of hydrogen-bond donors (Lipinski definition) is 7. The molecule has 0 radical (unpaired) electrons. The first-order chi connectivity index (χ1) is 46.5. The number of benzene rings is 1. The lowest BCUT2D eigenvalue weighted by Gasteiger charge is -2.47. The van der Waals surface area contributed by atoms with Crippen LogP contribution >= 0.6 is 0 Å². The predicted octanol–water partition coefficient (Wildman–Crippen LogP) is 5.03. The molecule has 8 amide bonds. The van der Waals surface area contributed by atoms with Gasteiger partial charge in [0.25, 0.3) is 11.8 Å². The number of Topliss-reactive ketones (excluding diaryl/α,β-unsaturated/α-hetero) is 1. The maximum absolute atomic E-state index is 13.8. The van der Waals surface area contributed by atoms with E-state index in [1.165, 1.54) is 17.7 Å². The third kappa shape index (κ3) is 21.4. The van der Waals surface area contributed by atoms with Gasteiger partial charge < -0.3 is 89.5 Å². The van der Waals surface area contributed by atoms with E-state index in [9.17, 15) is 43.5 Å². The molecule has 8 aliphatic heterocycles. The summed E-state index contributed by atoms with van der Waals surface area (Å²) in [7, 11) is 1.56. The maximum Gasteiger partial charge on any atom is 0.407 e. The molecule has 9 rings (SSSR count). The fourth-order valence-corrected chi connectivity index (χ4v) is 14.5. The number of nitrogens with two attached hydrogens (primary N) is 1. The summed E-state index contributed by atoms with van der Waals surface area (Å²) in [6.07, 6.45) is 8.43. The van der Waals surface area contributed by atoms with E-state index in [0.29, 0.717) is 36.4 Å². The Morgan fingerprint density at radius 3 is 2.29 bits per heavy atom. The third-order valence-electron chi connectivity index (χ3n) is 19.9. The van der Waals surface area contributed by atoms with Crippen molar-refractivity contribution in [2.45, 2.75) is 241 Å². The van der Waals surface area contributed by atoms with Crippen LogP contribution in [0.4, 0.5) is 15.3 Å². The number of nitrogens with zero attached hydrogens (tertiary/aromatic N) is 1. The van der Waals surface area contributed by atoms with Gasteiger partial charge in [-0.25, -0.2) is 9.59 Å². The van der Waals surface area contributed by atoms with Crippen molar-refractivity contribution in [1.29, 1.82) is 0 Å². The Bertz CT molecular complexity index is 2900. The summed E-state index contributed by atoms with van der Waals surface area (Å²) in [4.78, 5) is 103. The van der Waals surface area contributed by atoms with Crippen LogP contribution in [-0.4, -0.2) is 214 Å². The molecule has 4 bridgehead atoms. The van der Waals surface area contributed by atoms with E-state index in [0.717, 1.165) is 61.8 Å². The van der Waals surface area contributed by atoms with Gasteiger partial charge in [-0.05, 0) is 112 Å². The number of methoxy groups -OCH3 is 1. The molecule has 27 nitrogen and oxygen atoms in total. The van der Waals surface area contributed by atoms with Crippen LogP contribution in [0.3, 0.4) is 0 Å². The molecule has 97 heavy (non-hydrogen) atoms. The maximum atomic E-state index is 13.8.